The summed E-state index contributed by atoms with van der Waals surface area (Å²) in [6, 6.07) is 10.0. The summed E-state index contributed by atoms with van der Waals surface area (Å²) in [7, 11) is 3.66. The summed E-state index contributed by atoms with van der Waals surface area (Å²) in [5.74, 6) is 0.219. The van der Waals surface area contributed by atoms with Crippen molar-refractivity contribution in [2.75, 3.05) is 26.7 Å². The zero-order valence-corrected chi connectivity index (χ0v) is 14.8. The normalized spacial score (nSPS) is 17.1. The van der Waals surface area contributed by atoms with Crippen LogP contribution < -0.4 is 0 Å². The fourth-order valence-corrected chi connectivity index (χ4v) is 3.18. The Morgan fingerprint density at radius 2 is 2.08 bits per heavy atom. The molecule has 2 heterocycles. The van der Waals surface area contributed by atoms with Crippen molar-refractivity contribution in [1.82, 2.24) is 19.6 Å². The van der Waals surface area contributed by atoms with Gasteiger partial charge in [-0.1, -0.05) is 30.3 Å². The monoisotopic (exact) mass is 340 g/mol. The van der Waals surface area contributed by atoms with E-state index < -0.39 is 0 Å². The summed E-state index contributed by atoms with van der Waals surface area (Å²) in [6.45, 7) is 1.39. The number of aryl methyl sites for hydroxylation is 1. The molecule has 0 spiro atoms. The number of nitrogens with zero attached hydrogens (tertiary/aromatic N) is 4. The fourth-order valence-electron chi connectivity index (χ4n) is 3.18. The first kappa shape index (κ1) is 17.2. The first-order chi connectivity index (χ1) is 12.0. The molecule has 1 aliphatic heterocycles. The van der Waals surface area contributed by atoms with Crippen LogP contribution in [-0.2, 0) is 23.1 Å². The number of carbonyl (C=O) groups excluding carboxylic acids is 2. The first-order valence-electron chi connectivity index (χ1n) is 8.57. The Hall–Kier alpha value is -2.63. The Labute approximate surface area is 148 Å². The molecule has 3 rings (SSSR count). The highest BCUT2D eigenvalue weighted by Gasteiger charge is 2.32. The van der Waals surface area contributed by atoms with E-state index >= 15 is 0 Å². The molecule has 0 radical (unpaired) electrons. The van der Waals surface area contributed by atoms with E-state index in [0.717, 1.165) is 17.5 Å². The van der Waals surface area contributed by atoms with Gasteiger partial charge in [-0.25, -0.2) is 0 Å². The minimum Gasteiger partial charge on any atom is -0.344 e. The van der Waals surface area contributed by atoms with Gasteiger partial charge in [-0.3, -0.25) is 14.3 Å². The number of aromatic nitrogens is 2. The van der Waals surface area contributed by atoms with Gasteiger partial charge < -0.3 is 9.80 Å². The number of likely N-dealkylation sites (N-methyl/N-ethyl adjacent to an activating group) is 1. The predicted molar refractivity (Wildman–Crippen MR) is 94.9 cm³/mol. The smallest absolute Gasteiger partial charge is 0.241 e. The van der Waals surface area contributed by atoms with Crippen LogP contribution in [0.5, 0.6) is 0 Å². The number of likely N-dealkylation sites (tertiary alicyclic amines) is 1. The number of carbonyl (C=O) groups is 2. The Morgan fingerprint density at radius 1 is 1.32 bits per heavy atom. The van der Waals surface area contributed by atoms with Crippen LogP contribution in [0.3, 0.4) is 0 Å². The lowest BCUT2D eigenvalue weighted by atomic mass is 9.99. The van der Waals surface area contributed by atoms with E-state index in [1.165, 1.54) is 0 Å². The quantitative estimate of drug-likeness (QED) is 0.799. The Morgan fingerprint density at radius 3 is 2.76 bits per heavy atom. The minimum absolute atomic E-state index is 0.0223. The summed E-state index contributed by atoms with van der Waals surface area (Å²) in [5, 5.41) is 4.13. The van der Waals surface area contributed by atoms with Crippen molar-refractivity contribution in [3.63, 3.8) is 0 Å². The molecule has 25 heavy (non-hydrogen) atoms. The van der Waals surface area contributed by atoms with E-state index in [2.05, 4.69) is 5.10 Å². The summed E-state index contributed by atoms with van der Waals surface area (Å²) in [6.07, 6.45) is 5.01. The molecule has 132 valence electrons. The molecular formula is C19H24N4O2. The van der Waals surface area contributed by atoms with E-state index in [-0.39, 0.29) is 24.3 Å². The average Bonchev–Trinajstić information content (AvgIpc) is 3.19. The number of rotatable bonds is 6. The molecule has 1 aromatic carbocycles. The summed E-state index contributed by atoms with van der Waals surface area (Å²) in [4.78, 5) is 28.0. The second-order valence-electron chi connectivity index (χ2n) is 6.67. The Balaban J connectivity index is 1.51. The molecular weight excluding hydrogens is 316 g/mol. The molecule has 2 amide bonds. The van der Waals surface area contributed by atoms with Gasteiger partial charge in [-0.2, -0.15) is 5.10 Å². The number of amides is 2. The second-order valence-corrected chi connectivity index (χ2v) is 6.67. The lowest BCUT2D eigenvalue weighted by Gasteiger charge is -2.22. The third kappa shape index (κ3) is 4.26. The lowest BCUT2D eigenvalue weighted by Crippen LogP contribution is -2.39. The van der Waals surface area contributed by atoms with Gasteiger partial charge in [0.25, 0.3) is 0 Å². The van der Waals surface area contributed by atoms with E-state index in [1.54, 1.807) is 21.5 Å². The maximum Gasteiger partial charge on any atom is 0.241 e. The van der Waals surface area contributed by atoms with Crippen molar-refractivity contribution in [1.29, 1.82) is 0 Å². The van der Waals surface area contributed by atoms with Crippen LogP contribution in [0.15, 0.2) is 42.7 Å². The third-order valence-corrected chi connectivity index (χ3v) is 4.73. The number of benzene rings is 1. The van der Waals surface area contributed by atoms with Crippen LogP contribution in [-0.4, -0.2) is 58.1 Å². The molecule has 6 nitrogen and oxygen atoms in total. The van der Waals surface area contributed by atoms with Gasteiger partial charge in [-0.05, 0) is 17.5 Å². The van der Waals surface area contributed by atoms with E-state index in [9.17, 15) is 9.59 Å². The van der Waals surface area contributed by atoms with Gasteiger partial charge in [0.2, 0.25) is 11.8 Å². The van der Waals surface area contributed by atoms with Crippen molar-refractivity contribution in [2.24, 2.45) is 7.05 Å². The van der Waals surface area contributed by atoms with Crippen molar-refractivity contribution >= 4 is 11.8 Å². The van der Waals surface area contributed by atoms with Crippen LogP contribution in [0.4, 0.5) is 0 Å². The topological polar surface area (TPSA) is 58.4 Å². The fraction of sp³-hybridized carbons (Fsp3) is 0.421. The summed E-state index contributed by atoms with van der Waals surface area (Å²) < 4.78 is 1.75. The lowest BCUT2D eigenvalue weighted by molar-refractivity contribution is -0.137. The largest absolute Gasteiger partial charge is 0.344 e. The highest BCUT2D eigenvalue weighted by molar-refractivity contribution is 5.86. The van der Waals surface area contributed by atoms with Gasteiger partial charge in [0.1, 0.15) is 0 Å². The SMILES string of the molecule is CN(CCc1cnn(C)c1)C(=O)CN1CC(c2ccccc2)CC1=O. The van der Waals surface area contributed by atoms with Gasteiger partial charge >= 0.3 is 0 Å². The van der Waals surface area contributed by atoms with Gasteiger partial charge in [0, 0.05) is 45.7 Å². The van der Waals surface area contributed by atoms with Gasteiger partial charge in [0.15, 0.2) is 0 Å². The Kier molecular flexibility index (Phi) is 5.16. The van der Waals surface area contributed by atoms with Gasteiger partial charge in [-0.15, -0.1) is 0 Å². The molecule has 1 fully saturated rings. The zero-order chi connectivity index (χ0) is 17.8. The van der Waals surface area contributed by atoms with Crippen LogP contribution >= 0.6 is 0 Å². The van der Waals surface area contributed by atoms with E-state index in [1.807, 2.05) is 49.8 Å². The van der Waals surface area contributed by atoms with E-state index in [4.69, 9.17) is 0 Å². The molecule has 1 aromatic heterocycles. The standard InChI is InChI=1S/C19H24N4O2/c1-21(9-8-15-11-20-22(2)12-15)19(25)14-23-13-17(10-18(23)24)16-6-4-3-5-7-16/h3-7,11-12,17H,8-10,13-14H2,1-2H3. The number of hydrogen-bond acceptors (Lipinski definition) is 3. The second kappa shape index (κ2) is 7.51. The molecule has 2 aromatic rings. The van der Waals surface area contributed by atoms with Crippen molar-refractivity contribution in [3.05, 3.63) is 53.9 Å². The molecule has 1 aliphatic rings. The predicted octanol–water partition coefficient (Wildman–Crippen LogP) is 1.44. The average molecular weight is 340 g/mol. The molecule has 1 atom stereocenters. The van der Waals surface area contributed by atoms with Crippen molar-refractivity contribution in [2.45, 2.75) is 18.8 Å². The third-order valence-electron chi connectivity index (χ3n) is 4.73. The summed E-state index contributed by atoms with van der Waals surface area (Å²) >= 11 is 0. The highest BCUT2D eigenvalue weighted by atomic mass is 16.2. The van der Waals surface area contributed by atoms with Crippen LogP contribution in [0.1, 0.15) is 23.5 Å². The molecule has 0 aliphatic carbocycles. The van der Waals surface area contributed by atoms with Gasteiger partial charge in [0.05, 0.1) is 12.7 Å². The van der Waals surface area contributed by atoms with Crippen LogP contribution in [0, 0.1) is 0 Å². The first-order valence-corrected chi connectivity index (χ1v) is 8.57. The Bertz CT molecular complexity index is 741. The number of hydrogen-bond donors (Lipinski definition) is 0. The maximum atomic E-state index is 12.4. The van der Waals surface area contributed by atoms with Crippen LogP contribution in [0.25, 0.3) is 0 Å². The van der Waals surface area contributed by atoms with Crippen LogP contribution in [0.2, 0.25) is 0 Å². The summed E-state index contributed by atoms with van der Waals surface area (Å²) in [5.41, 5.74) is 2.26. The molecule has 6 heteroatoms. The molecule has 0 N–H and O–H groups in total. The molecule has 0 bridgehead atoms. The zero-order valence-electron chi connectivity index (χ0n) is 14.8. The minimum atomic E-state index is -0.0223. The van der Waals surface area contributed by atoms with E-state index in [0.29, 0.717) is 19.5 Å². The molecule has 1 saturated heterocycles. The molecule has 0 saturated carbocycles. The maximum absolute atomic E-state index is 12.4. The van der Waals surface area contributed by atoms with Crippen molar-refractivity contribution < 1.29 is 9.59 Å². The van der Waals surface area contributed by atoms with Crippen molar-refractivity contribution in [3.8, 4) is 0 Å². The molecule has 1 unspecified atom stereocenters. The highest BCUT2D eigenvalue weighted by Crippen LogP contribution is 2.27.